The van der Waals surface area contributed by atoms with Crippen molar-refractivity contribution in [3.63, 3.8) is 0 Å². The lowest BCUT2D eigenvalue weighted by Gasteiger charge is -2.36. The van der Waals surface area contributed by atoms with E-state index in [1.165, 1.54) is 0 Å². The van der Waals surface area contributed by atoms with Gasteiger partial charge in [-0.05, 0) is 36.4 Å². The van der Waals surface area contributed by atoms with Crippen LogP contribution in [-0.4, -0.2) is 43.6 Å². The van der Waals surface area contributed by atoms with Crippen molar-refractivity contribution >= 4 is 46.4 Å². The highest BCUT2D eigenvalue weighted by Crippen LogP contribution is 2.34. The Hall–Kier alpha value is -1.62. The molecule has 0 spiro atoms. The van der Waals surface area contributed by atoms with Crippen molar-refractivity contribution in [2.24, 2.45) is 0 Å². The molecule has 1 aliphatic rings. The Labute approximate surface area is 161 Å². The summed E-state index contributed by atoms with van der Waals surface area (Å²) in [5, 5.41) is 1.88. The second kappa shape index (κ2) is 8.17. The molecular weight excluding hydrogens is 383 g/mol. The molecule has 1 aliphatic heterocycles. The molecule has 2 aromatic rings. The van der Waals surface area contributed by atoms with Crippen molar-refractivity contribution in [3.8, 4) is 5.75 Å². The lowest BCUT2D eigenvalue weighted by molar-refractivity contribution is -0.133. The number of benzene rings is 2. The van der Waals surface area contributed by atoms with Crippen LogP contribution in [0.3, 0.4) is 0 Å². The number of hydrogen-bond acceptors (Lipinski definition) is 3. The lowest BCUT2D eigenvalue weighted by atomic mass is 10.2. The number of anilines is 1. The zero-order valence-corrected chi connectivity index (χ0v) is 15.7. The van der Waals surface area contributed by atoms with Gasteiger partial charge in [0.1, 0.15) is 5.75 Å². The first kappa shape index (κ1) is 18.2. The fourth-order valence-electron chi connectivity index (χ4n) is 2.74. The van der Waals surface area contributed by atoms with Crippen molar-refractivity contribution in [3.05, 3.63) is 57.5 Å². The topological polar surface area (TPSA) is 32.8 Å². The van der Waals surface area contributed by atoms with Gasteiger partial charge in [-0.1, -0.05) is 40.9 Å². The van der Waals surface area contributed by atoms with E-state index in [-0.39, 0.29) is 12.5 Å². The third-order valence-electron chi connectivity index (χ3n) is 4.06. The zero-order chi connectivity index (χ0) is 17.8. The van der Waals surface area contributed by atoms with E-state index in [1.54, 1.807) is 29.2 Å². The predicted molar refractivity (Wildman–Crippen MR) is 102 cm³/mol. The maximum absolute atomic E-state index is 12.3. The summed E-state index contributed by atoms with van der Waals surface area (Å²) in [7, 11) is 0. The number of rotatable bonds is 4. The molecule has 0 radical (unpaired) electrons. The molecule has 0 aromatic heterocycles. The van der Waals surface area contributed by atoms with Crippen LogP contribution in [0.2, 0.25) is 15.1 Å². The second-order valence-electron chi connectivity index (χ2n) is 5.68. The van der Waals surface area contributed by atoms with Gasteiger partial charge in [0.15, 0.2) is 6.61 Å². The van der Waals surface area contributed by atoms with Crippen LogP contribution in [0.1, 0.15) is 0 Å². The van der Waals surface area contributed by atoms with Crippen LogP contribution in [-0.2, 0) is 4.79 Å². The maximum Gasteiger partial charge on any atom is 0.260 e. The number of amides is 1. The number of nitrogens with zero attached hydrogens (tertiary/aromatic N) is 2. The Morgan fingerprint density at radius 1 is 0.920 bits per heavy atom. The molecule has 132 valence electrons. The number of halogens is 3. The van der Waals surface area contributed by atoms with Crippen molar-refractivity contribution in [1.29, 1.82) is 0 Å². The van der Waals surface area contributed by atoms with E-state index in [9.17, 15) is 4.79 Å². The molecule has 1 heterocycles. The third kappa shape index (κ3) is 4.51. The van der Waals surface area contributed by atoms with Crippen LogP contribution in [0.15, 0.2) is 42.5 Å². The molecule has 0 bridgehead atoms. The van der Waals surface area contributed by atoms with E-state index < -0.39 is 0 Å². The molecule has 0 atom stereocenters. The summed E-state index contributed by atoms with van der Waals surface area (Å²) in [6.07, 6.45) is 0. The van der Waals surface area contributed by atoms with Gasteiger partial charge >= 0.3 is 0 Å². The minimum atomic E-state index is -0.0418. The van der Waals surface area contributed by atoms with E-state index >= 15 is 0 Å². The highest BCUT2D eigenvalue weighted by atomic mass is 35.5. The Balaban J connectivity index is 1.53. The van der Waals surface area contributed by atoms with Crippen LogP contribution >= 0.6 is 34.8 Å². The minimum absolute atomic E-state index is 0.00841. The highest BCUT2D eigenvalue weighted by molar-refractivity contribution is 6.39. The van der Waals surface area contributed by atoms with Crippen LogP contribution in [0, 0.1) is 0 Å². The smallest absolute Gasteiger partial charge is 0.260 e. The van der Waals surface area contributed by atoms with Crippen molar-refractivity contribution in [2.45, 2.75) is 0 Å². The largest absolute Gasteiger partial charge is 0.484 e. The van der Waals surface area contributed by atoms with E-state index in [0.717, 1.165) is 5.69 Å². The summed E-state index contributed by atoms with van der Waals surface area (Å²) in [5.41, 5.74) is 0.829. The van der Waals surface area contributed by atoms with Crippen LogP contribution < -0.4 is 9.64 Å². The first-order chi connectivity index (χ1) is 12.0. The molecule has 0 saturated carbocycles. The first-order valence-corrected chi connectivity index (χ1v) is 9.03. The molecule has 3 rings (SSSR count). The number of para-hydroxylation sites is 1. The maximum atomic E-state index is 12.3. The van der Waals surface area contributed by atoms with Gasteiger partial charge in [0.2, 0.25) is 0 Å². The second-order valence-corrected chi connectivity index (χ2v) is 6.93. The molecule has 1 amide bonds. The van der Waals surface area contributed by atoms with Gasteiger partial charge in [0.05, 0.1) is 15.7 Å². The zero-order valence-electron chi connectivity index (χ0n) is 13.4. The van der Waals surface area contributed by atoms with E-state index in [0.29, 0.717) is 47.0 Å². The van der Waals surface area contributed by atoms with Gasteiger partial charge in [-0.25, -0.2) is 0 Å². The van der Waals surface area contributed by atoms with Crippen LogP contribution in [0.5, 0.6) is 5.75 Å². The molecule has 2 aromatic carbocycles. The molecule has 7 heteroatoms. The number of carbonyl (C=O) groups is 1. The number of piperazine rings is 1. The Bertz CT molecular complexity index is 724. The SMILES string of the molecule is O=C(COc1ccc(Cl)cc1)N1CCN(c2c(Cl)cccc2Cl)CC1. The van der Waals surface area contributed by atoms with E-state index in [4.69, 9.17) is 39.5 Å². The predicted octanol–water partition coefficient (Wildman–Crippen LogP) is 4.37. The van der Waals surface area contributed by atoms with Gasteiger partial charge in [-0.3, -0.25) is 4.79 Å². The quantitative estimate of drug-likeness (QED) is 0.765. The third-order valence-corrected chi connectivity index (χ3v) is 4.92. The molecule has 0 N–H and O–H groups in total. The summed E-state index contributed by atoms with van der Waals surface area (Å²) >= 11 is 18.3. The standard InChI is InChI=1S/C18H17Cl3N2O2/c19-13-4-6-14(7-5-13)25-12-17(24)22-8-10-23(11-9-22)18-15(20)2-1-3-16(18)21/h1-7H,8-12H2. The average Bonchev–Trinajstić information content (AvgIpc) is 2.61. The molecule has 0 unspecified atom stereocenters. The normalized spacial score (nSPS) is 14.5. The highest BCUT2D eigenvalue weighted by Gasteiger charge is 2.24. The lowest BCUT2D eigenvalue weighted by Crippen LogP contribution is -2.50. The fraction of sp³-hybridized carbons (Fsp3) is 0.278. The summed E-state index contributed by atoms with van der Waals surface area (Å²) in [6.45, 7) is 2.56. The molecule has 4 nitrogen and oxygen atoms in total. The van der Waals surface area contributed by atoms with Crippen molar-refractivity contribution < 1.29 is 9.53 Å². The summed E-state index contributed by atoms with van der Waals surface area (Å²) in [5.74, 6) is 0.582. The molecule has 25 heavy (non-hydrogen) atoms. The Kier molecular flexibility index (Phi) is 5.94. The van der Waals surface area contributed by atoms with Gasteiger partial charge in [0, 0.05) is 31.2 Å². The van der Waals surface area contributed by atoms with Gasteiger partial charge in [-0.2, -0.15) is 0 Å². The minimum Gasteiger partial charge on any atom is -0.484 e. The summed E-state index contributed by atoms with van der Waals surface area (Å²) in [6, 6.07) is 12.4. The average molecular weight is 400 g/mol. The first-order valence-electron chi connectivity index (χ1n) is 7.89. The Morgan fingerprint density at radius 3 is 2.12 bits per heavy atom. The Morgan fingerprint density at radius 2 is 1.52 bits per heavy atom. The molecule has 1 saturated heterocycles. The van der Waals surface area contributed by atoms with E-state index in [2.05, 4.69) is 4.90 Å². The molecular formula is C18H17Cl3N2O2. The van der Waals surface area contributed by atoms with Crippen molar-refractivity contribution in [1.82, 2.24) is 4.90 Å². The molecule has 0 aliphatic carbocycles. The molecule has 1 fully saturated rings. The summed E-state index contributed by atoms with van der Waals surface area (Å²) < 4.78 is 5.52. The fourth-order valence-corrected chi connectivity index (χ4v) is 3.50. The van der Waals surface area contributed by atoms with Crippen LogP contribution in [0.4, 0.5) is 5.69 Å². The van der Waals surface area contributed by atoms with Gasteiger partial charge < -0.3 is 14.5 Å². The number of carbonyl (C=O) groups excluding carboxylic acids is 1. The number of ether oxygens (including phenoxy) is 1. The van der Waals surface area contributed by atoms with Gasteiger partial charge in [-0.15, -0.1) is 0 Å². The summed E-state index contributed by atoms with van der Waals surface area (Å²) in [4.78, 5) is 16.2. The van der Waals surface area contributed by atoms with Crippen molar-refractivity contribution in [2.75, 3.05) is 37.7 Å². The van der Waals surface area contributed by atoms with E-state index in [1.807, 2.05) is 18.2 Å². The number of hydrogen-bond donors (Lipinski definition) is 0. The monoisotopic (exact) mass is 398 g/mol. The van der Waals surface area contributed by atoms with Crippen LogP contribution in [0.25, 0.3) is 0 Å². The van der Waals surface area contributed by atoms with Gasteiger partial charge in [0.25, 0.3) is 5.91 Å².